The van der Waals surface area contributed by atoms with Crippen LogP contribution in [0.2, 0.25) is 0 Å². The third-order valence-electron chi connectivity index (χ3n) is 2.79. The van der Waals surface area contributed by atoms with Crippen LogP contribution in [0.4, 0.5) is 5.82 Å². The monoisotopic (exact) mass is 311 g/mol. The number of aliphatic hydroxyl groups is 1. The molecule has 0 aliphatic carbocycles. The second-order valence-corrected chi connectivity index (χ2v) is 5.48. The van der Waals surface area contributed by atoms with E-state index in [1.807, 2.05) is 6.26 Å². The van der Waals surface area contributed by atoms with Crippen molar-refractivity contribution in [2.75, 3.05) is 24.7 Å². The van der Waals surface area contributed by atoms with Crippen LogP contribution < -0.4 is 5.32 Å². The van der Waals surface area contributed by atoms with E-state index in [0.717, 1.165) is 17.5 Å². The summed E-state index contributed by atoms with van der Waals surface area (Å²) in [5.41, 5.74) is 0.735. The van der Waals surface area contributed by atoms with Crippen molar-refractivity contribution in [1.29, 1.82) is 0 Å². The second kappa shape index (κ2) is 7.58. The van der Waals surface area contributed by atoms with Gasteiger partial charge in [-0.15, -0.1) is 0 Å². The molecule has 2 aromatic rings. The smallest absolute Gasteiger partial charge is 0.191 e. The number of nitrogens with zero attached hydrogens (tertiary/aromatic N) is 4. The molecule has 2 aromatic heterocycles. The van der Waals surface area contributed by atoms with Crippen molar-refractivity contribution in [1.82, 2.24) is 19.7 Å². The van der Waals surface area contributed by atoms with Gasteiger partial charge in [0.15, 0.2) is 10.8 Å². The average Bonchev–Trinajstić information content (AvgIpc) is 2.88. The van der Waals surface area contributed by atoms with Crippen LogP contribution in [0.5, 0.6) is 0 Å². The van der Waals surface area contributed by atoms with Crippen LogP contribution in [0.25, 0.3) is 11.0 Å². The summed E-state index contributed by atoms with van der Waals surface area (Å²) in [5, 5.41) is 18.3. The van der Waals surface area contributed by atoms with Gasteiger partial charge >= 0.3 is 0 Å². The Labute approximate surface area is 128 Å². The Bertz CT molecular complexity index is 587. The first-order chi connectivity index (χ1) is 10.2. The highest BCUT2D eigenvalue weighted by molar-refractivity contribution is 7.98. The van der Waals surface area contributed by atoms with Crippen LogP contribution in [0.15, 0.2) is 11.4 Å². The Balaban J connectivity index is 2.30. The summed E-state index contributed by atoms with van der Waals surface area (Å²) in [6.07, 6.45) is 4.16. The molecule has 0 unspecified atom stereocenters. The van der Waals surface area contributed by atoms with Crippen molar-refractivity contribution >= 4 is 28.6 Å². The summed E-state index contributed by atoms with van der Waals surface area (Å²) in [6.45, 7) is 5.28. The van der Waals surface area contributed by atoms with E-state index in [9.17, 15) is 5.11 Å². The molecule has 0 aliphatic heterocycles. The number of rotatable bonds is 8. The summed E-state index contributed by atoms with van der Waals surface area (Å²) in [5.74, 6) is 0.687. The lowest BCUT2D eigenvalue weighted by atomic mass is 10.3. The molecule has 2 heterocycles. The van der Waals surface area contributed by atoms with Gasteiger partial charge < -0.3 is 15.2 Å². The summed E-state index contributed by atoms with van der Waals surface area (Å²) < 4.78 is 7.24. The van der Waals surface area contributed by atoms with E-state index in [-0.39, 0.29) is 0 Å². The molecule has 7 nitrogen and oxygen atoms in total. The Morgan fingerprint density at radius 2 is 2.29 bits per heavy atom. The number of nitrogens with one attached hydrogen (secondary N) is 1. The van der Waals surface area contributed by atoms with Crippen molar-refractivity contribution in [3.05, 3.63) is 6.20 Å². The van der Waals surface area contributed by atoms with Crippen molar-refractivity contribution < 1.29 is 9.84 Å². The lowest BCUT2D eigenvalue weighted by Crippen LogP contribution is -2.16. The fourth-order valence-electron chi connectivity index (χ4n) is 1.80. The highest BCUT2D eigenvalue weighted by Gasteiger charge is 2.13. The van der Waals surface area contributed by atoms with E-state index in [1.54, 1.807) is 17.8 Å². The van der Waals surface area contributed by atoms with E-state index < -0.39 is 6.10 Å². The number of anilines is 1. The van der Waals surface area contributed by atoms with Gasteiger partial charge in [-0.1, -0.05) is 18.7 Å². The molecule has 0 bridgehead atoms. The third kappa shape index (κ3) is 4.05. The molecular weight excluding hydrogens is 290 g/mol. The molecule has 8 heteroatoms. The zero-order valence-corrected chi connectivity index (χ0v) is 13.4. The van der Waals surface area contributed by atoms with Gasteiger partial charge in [0, 0.05) is 13.2 Å². The van der Waals surface area contributed by atoms with Crippen LogP contribution in [-0.4, -0.2) is 50.4 Å². The molecule has 0 saturated heterocycles. The Hall–Kier alpha value is -1.38. The first-order valence-electron chi connectivity index (χ1n) is 6.93. The first kappa shape index (κ1) is 16.0. The number of aliphatic hydroxyl groups excluding tert-OH is 1. The Morgan fingerprint density at radius 1 is 1.48 bits per heavy atom. The topological polar surface area (TPSA) is 85.1 Å². The Kier molecular flexibility index (Phi) is 5.77. The molecule has 1 atom stereocenters. The van der Waals surface area contributed by atoms with Gasteiger partial charge in [-0.2, -0.15) is 5.10 Å². The van der Waals surface area contributed by atoms with Gasteiger partial charge in [0.25, 0.3) is 0 Å². The lowest BCUT2D eigenvalue weighted by Gasteiger charge is -2.10. The van der Waals surface area contributed by atoms with Crippen molar-refractivity contribution in [3.63, 3.8) is 0 Å². The predicted octanol–water partition coefficient (Wildman–Crippen LogP) is 1.72. The van der Waals surface area contributed by atoms with Gasteiger partial charge in [0.05, 0.1) is 17.7 Å². The summed E-state index contributed by atoms with van der Waals surface area (Å²) in [6, 6.07) is 0. The molecule has 0 aliphatic rings. The zero-order chi connectivity index (χ0) is 15.2. The molecule has 0 saturated carbocycles. The van der Waals surface area contributed by atoms with Crippen LogP contribution in [0.3, 0.4) is 0 Å². The normalized spacial score (nSPS) is 12.8. The van der Waals surface area contributed by atoms with Crippen LogP contribution in [0.1, 0.15) is 20.3 Å². The fraction of sp³-hybridized carbons (Fsp3) is 0.615. The molecule has 2 rings (SSSR count). The average molecular weight is 311 g/mol. The number of fused-ring (bicyclic) bond motifs is 1. The first-order valence-corrected chi connectivity index (χ1v) is 8.15. The maximum absolute atomic E-state index is 9.41. The van der Waals surface area contributed by atoms with Gasteiger partial charge in [0.1, 0.15) is 12.5 Å². The number of hydrogen-bond donors (Lipinski definition) is 2. The number of thioether (sulfide) groups is 1. The Morgan fingerprint density at radius 3 is 2.95 bits per heavy atom. The van der Waals surface area contributed by atoms with Crippen molar-refractivity contribution in [2.45, 2.75) is 38.3 Å². The zero-order valence-electron chi connectivity index (χ0n) is 12.5. The van der Waals surface area contributed by atoms with Gasteiger partial charge in [0.2, 0.25) is 0 Å². The molecule has 2 N–H and O–H groups in total. The molecule has 0 aromatic carbocycles. The van der Waals surface area contributed by atoms with Crippen molar-refractivity contribution in [2.24, 2.45) is 0 Å². The molecule has 116 valence electrons. The van der Waals surface area contributed by atoms with Gasteiger partial charge in [-0.05, 0) is 19.6 Å². The minimum atomic E-state index is -0.448. The third-order valence-corrected chi connectivity index (χ3v) is 3.33. The number of ether oxygens (including phenoxy) is 1. The summed E-state index contributed by atoms with van der Waals surface area (Å²) >= 11 is 1.47. The summed E-state index contributed by atoms with van der Waals surface area (Å²) in [7, 11) is 0. The van der Waals surface area contributed by atoms with Crippen LogP contribution >= 0.6 is 11.8 Å². The second-order valence-electron chi connectivity index (χ2n) is 4.71. The molecule has 0 spiro atoms. The minimum absolute atomic E-state index is 0.373. The van der Waals surface area contributed by atoms with Gasteiger partial charge in [-0.25, -0.2) is 14.6 Å². The minimum Gasteiger partial charge on any atom is -0.392 e. The SMILES string of the molecule is CCCOCn1ncc2c(NC[C@H](C)O)nc(SC)nc21. The maximum atomic E-state index is 9.41. The van der Waals surface area contributed by atoms with Crippen LogP contribution in [0, 0.1) is 0 Å². The quantitative estimate of drug-likeness (QED) is 0.436. The van der Waals surface area contributed by atoms with E-state index in [2.05, 4.69) is 27.3 Å². The standard InChI is InChI=1S/C13H21N5O2S/c1-4-5-20-8-18-12-10(7-15-18)11(14-6-9(2)19)16-13(17-12)21-3/h7,9,19H,4-6,8H2,1-3H3,(H,14,16,17)/t9-/m0/s1. The largest absolute Gasteiger partial charge is 0.392 e. The van der Waals surface area contributed by atoms with E-state index in [4.69, 9.17) is 4.74 Å². The molecule has 0 amide bonds. The highest BCUT2D eigenvalue weighted by Crippen LogP contribution is 2.23. The molecular formula is C13H21N5O2S. The van der Waals surface area contributed by atoms with Crippen LogP contribution in [-0.2, 0) is 11.5 Å². The fourth-order valence-corrected chi connectivity index (χ4v) is 2.16. The maximum Gasteiger partial charge on any atom is 0.191 e. The van der Waals surface area contributed by atoms with E-state index in [0.29, 0.717) is 30.9 Å². The number of hydrogen-bond acceptors (Lipinski definition) is 7. The van der Waals surface area contributed by atoms with E-state index in [1.165, 1.54) is 11.8 Å². The molecule has 21 heavy (non-hydrogen) atoms. The molecule has 0 radical (unpaired) electrons. The lowest BCUT2D eigenvalue weighted by molar-refractivity contribution is 0.0718. The highest BCUT2D eigenvalue weighted by atomic mass is 32.2. The van der Waals surface area contributed by atoms with Crippen molar-refractivity contribution in [3.8, 4) is 0 Å². The van der Waals surface area contributed by atoms with E-state index >= 15 is 0 Å². The predicted molar refractivity (Wildman–Crippen MR) is 83.5 cm³/mol. The summed E-state index contributed by atoms with van der Waals surface area (Å²) in [4.78, 5) is 8.93. The molecule has 0 fully saturated rings. The number of aromatic nitrogens is 4. The van der Waals surface area contributed by atoms with Gasteiger partial charge in [-0.3, -0.25) is 0 Å².